The summed E-state index contributed by atoms with van der Waals surface area (Å²) in [6.45, 7) is 0.205. The zero-order chi connectivity index (χ0) is 15.5. The van der Waals surface area contributed by atoms with Gasteiger partial charge in [0, 0.05) is 12.7 Å². The average molecular weight is 299 g/mol. The van der Waals surface area contributed by atoms with Crippen LogP contribution in [0.2, 0.25) is 0 Å². The normalized spacial score (nSPS) is 16.0. The van der Waals surface area contributed by atoms with E-state index in [4.69, 9.17) is 14.2 Å². The number of rotatable bonds is 3. The third-order valence-electron chi connectivity index (χ3n) is 3.57. The van der Waals surface area contributed by atoms with Crippen LogP contribution in [0.4, 0.5) is 5.69 Å². The first-order chi connectivity index (χ1) is 10.7. The molecule has 2 aromatic rings. The molecule has 0 N–H and O–H groups in total. The van der Waals surface area contributed by atoms with Crippen LogP contribution in [0.5, 0.6) is 17.2 Å². The van der Waals surface area contributed by atoms with E-state index in [9.17, 15) is 4.79 Å². The molecule has 1 heterocycles. The third-order valence-corrected chi connectivity index (χ3v) is 3.57. The van der Waals surface area contributed by atoms with Gasteiger partial charge in [-0.05, 0) is 36.4 Å². The molecule has 5 heteroatoms. The standard InChI is InChI=1S/C17H17NO4/c1-18(12-7-9-13(20-2)10-8-12)17(19)16-11-21-14-5-3-4-6-15(14)22-16/h3-10,16H,11H2,1-2H3/t16-/m0/s1. The largest absolute Gasteiger partial charge is 0.497 e. The van der Waals surface area contributed by atoms with Crippen molar-refractivity contribution in [3.8, 4) is 17.2 Å². The molecule has 0 aliphatic carbocycles. The Morgan fingerprint density at radius 3 is 2.50 bits per heavy atom. The topological polar surface area (TPSA) is 48.0 Å². The Kier molecular flexibility index (Phi) is 3.87. The molecule has 114 valence electrons. The molecular formula is C17H17NO4. The highest BCUT2D eigenvalue weighted by molar-refractivity contribution is 5.96. The molecule has 0 radical (unpaired) electrons. The van der Waals surface area contributed by atoms with Crippen LogP contribution in [0.1, 0.15) is 0 Å². The number of ether oxygens (including phenoxy) is 3. The van der Waals surface area contributed by atoms with E-state index in [1.807, 2.05) is 42.5 Å². The van der Waals surface area contributed by atoms with Crippen molar-refractivity contribution in [2.75, 3.05) is 25.7 Å². The van der Waals surface area contributed by atoms with Crippen molar-refractivity contribution in [1.29, 1.82) is 0 Å². The van der Waals surface area contributed by atoms with E-state index in [0.717, 1.165) is 11.4 Å². The molecule has 5 nitrogen and oxygen atoms in total. The number of anilines is 1. The van der Waals surface area contributed by atoms with Crippen molar-refractivity contribution < 1.29 is 19.0 Å². The zero-order valence-electron chi connectivity index (χ0n) is 12.5. The number of nitrogens with zero attached hydrogens (tertiary/aromatic N) is 1. The van der Waals surface area contributed by atoms with Gasteiger partial charge in [0.1, 0.15) is 12.4 Å². The number of benzene rings is 2. The molecule has 0 saturated carbocycles. The van der Waals surface area contributed by atoms with Gasteiger partial charge in [-0.25, -0.2) is 0 Å². The first kappa shape index (κ1) is 14.3. The number of amides is 1. The first-order valence-corrected chi connectivity index (χ1v) is 6.99. The third kappa shape index (κ3) is 2.70. The summed E-state index contributed by atoms with van der Waals surface area (Å²) < 4.78 is 16.4. The monoisotopic (exact) mass is 299 g/mol. The van der Waals surface area contributed by atoms with Gasteiger partial charge in [-0.1, -0.05) is 12.1 Å². The lowest BCUT2D eigenvalue weighted by atomic mass is 10.2. The number of para-hydroxylation sites is 2. The van der Waals surface area contributed by atoms with Crippen LogP contribution in [0.3, 0.4) is 0 Å². The second-order valence-corrected chi connectivity index (χ2v) is 4.96. The van der Waals surface area contributed by atoms with Gasteiger partial charge in [0.05, 0.1) is 7.11 Å². The number of carbonyl (C=O) groups is 1. The molecule has 1 aliphatic heterocycles. The van der Waals surface area contributed by atoms with Crippen molar-refractivity contribution in [3.63, 3.8) is 0 Å². The minimum absolute atomic E-state index is 0.153. The fraction of sp³-hybridized carbons (Fsp3) is 0.235. The summed E-state index contributed by atoms with van der Waals surface area (Å²) in [5, 5.41) is 0. The highest BCUT2D eigenvalue weighted by Crippen LogP contribution is 2.31. The van der Waals surface area contributed by atoms with Crippen molar-refractivity contribution >= 4 is 11.6 Å². The Labute approximate surface area is 129 Å². The van der Waals surface area contributed by atoms with Gasteiger partial charge in [0.15, 0.2) is 11.5 Å². The molecule has 1 atom stereocenters. The zero-order valence-corrected chi connectivity index (χ0v) is 12.5. The maximum atomic E-state index is 12.6. The molecule has 0 spiro atoms. The van der Waals surface area contributed by atoms with Crippen LogP contribution in [0.15, 0.2) is 48.5 Å². The van der Waals surface area contributed by atoms with E-state index in [-0.39, 0.29) is 12.5 Å². The minimum Gasteiger partial charge on any atom is -0.497 e. The number of carbonyl (C=O) groups excluding carboxylic acids is 1. The van der Waals surface area contributed by atoms with Crippen molar-refractivity contribution in [3.05, 3.63) is 48.5 Å². The quantitative estimate of drug-likeness (QED) is 0.873. The lowest BCUT2D eigenvalue weighted by molar-refractivity contribution is -0.127. The van der Waals surface area contributed by atoms with Gasteiger partial charge in [-0.2, -0.15) is 0 Å². The lowest BCUT2D eigenvalue weighted by Gasteiger charge is -2.28. The Morgan fingerprint density at radius 2 is 1.82 bits per heavy atom. The van der Waals surface area contributed by atoms with Crippen LogP contribution < -0.4 is 19.1 Å². The highest BCUT2D eigenvalue weighted by Gasteiger charge is 2.30. The van der Waals surface area contributed by atoms with E-state index in [0.29, 0.717) is 11.5 Å². The van der Waals surface area contributed by atoms with Gasteiger partial charge in [0.2, 0.25) is 6.10 Å². The molecule has 0 fully saturated rings. The summed E-state index contributed by atoms with van der Waals surface area (Å²) in [5.74, 6) is 1.85. The molecule has 0 unspecified atom stereocenters. The summed E-state index contributed by atoms with van der Waals surface area (Å²) >= 11 is 0. The van der Waals surface area contributed by atoms with Crippen LogP contribution in [-0.4, -0.2) is 32.8 Å². The lowest BCUT2D eigenvalue weighted by Crippen LogP contribution is -2.45. The Balaban J connectivity index is 1.73. The fourth-order valence-electron chi connectivity index (χ4n) is 2.29. The van der Waals surface area contributed by atoms with Crippen LogP contribution >= 0.6 is 0 Å². The summed E-state index contributed by atoms with van der Waals surface area (Å²) in [6, 6.07) is 14.6. The summed E-state index contributed by atoms with van der Waals surface area (Å²) in [5.41, 5.74) is 0.772. The molecule has 1 aliphatic rings. The average Bonchev–Trinajstić information content (AvgIpc) is 2.60. The second-order valence-electron chi connectivity index (χ2n) is 4.96. The van der Waals surface area contributed by atoms with E-state index in [1.54, 1.807) is 25.1 Å². The number of hydrogen-bond donors (Lipinski definition) is 0. The van der Waals surface area contributed by atoms with Crippen molar-refractivity contribution in [2.24, 2.45) is 0 Å². The second kappa shape index (κ2) is 5.97. The van der Waals surface area contributed by atoms with E-state index in [2.05, 4.69) is 0 Å². The summed E-state index contributed by atoms with van der Waals surface area (Å²) in [4.78, 5) is 14.1. The Morgan fingerprint density at radius 1 is 1.14 bits per heavy atom. The van der Waals surface area contributed by atoms with Gasteiger partial charge in [-0.15, -0.1) is 0 Å². The van der Waals surface area contributed by atoms with E-state index >= 15 is 0 Å². The van der Waals surface area contributed by atoms with Crippen LogP contribution in [0, 0.1) is 0 Å². The molecule has 1 amide bonds. The number of likely N-dealkylation sites (N-methyl/N-ethyl adjacent to an activating group) is 1. The van der Waals surface area contributed by atoms with E-state index in [1.165, 1.54) is 0 Å². The van der Waals surface area contributed by atoms with E-state index < -0.39 is 6.10 Å². The first-order valence-electron chi connectivity index (χ1n) is 6.99. The molecule has 0 bridgehead atoms. The molecular weight excluding hydrogens is 282 g/mol. The number of methoxy groups -OCH3 is 1. The van der Waals surface area contributed by atoms with Gasteiger partial charge >= 0.3 is 0 Å². The predicted molar refractivity (Wildman–Crippen MR) is 82.8 cm³/mol. The summed E-state index contributed by atoms with van der Waals surface area (Å²) in [7, 11) is 3.32. The fourth-order valence-corrected chi connectivity index (χ4v) is 2.29. The Hall–Kier alpha value is -2.69. The van der Waals surface area contributed by atoms with Crippen LogP contribution in [-0.2, 0) is 4.79 Å². The predicted octanol–water partition coefficient (Wildman–Crippen LogP) is 2.50. The summed E-state index contributed by atoms with van der Waals surface area (Å²) in [6.07, 6.45) is -0.651. The van der Waals surface area contributed by atoms with Crippen LogP contribution in [0.25, 0.3) is 0 Å². The van der Waals surface area contributed by atoms with Gasteiger partial charge in [-0.3, -0.25) is 4.79 Å². The maximum absolute atomic E-state index is 12.6. The number of hydrogen-bond acceptors (Lipinski definition) is 4. The maximum Gasteiger partial charge on any atom is 0.271 e. The van der Waals surface area contributed by atoms with Gasteiger partial charge < -0.3 is 19.1 Å². The molecule has 3 rings (SSSR count). The SMILES string of the molecule is COc1ccc(N(C)C(=O)[C@@H]2COc3ccccc3O2)cc1. The molecule has 0 aromatic heterocycles. The highest BCUT2D eigenvalue weighted by atomic mass is 16.6. The number of fused-ring (bicyclic) bond motifs is 1. The van der Waals surface area contributed by atoms with Crippen molar-refractivity contribution in [1.82, 2.24) is 0 Å². The van der Waals surface area contributed by atoms with Gasteiger partial charge in [0.25, 0.3) is 5.91 Å². The Bertz CT molecular complexity index is 669. The van der Waals surface area contributed by atoms with Crippen molar-refractivity contribution in [2.45, 2.75) is 6.10 Å². The minimum atomic E-state index is -0.651. The molecule has 2 aromatic carbocycles. The smallest absolute Gasteiger partial charge is 0.271 e. The molecule has 22 heavy (non-hydrogen) atoms. The molecule has 0 saturated heterocycles.